The van der Waals surface area contributed by atoms with Gasteiger partial charge in [0, 0.05) is 19.3 Å². The molecule has 0 aromatic carbocycles. The van der Waals surface area contributed by atoms with Crippen LogP contribution in [0.2, 0.25) is 0 Å². The van der Waals surface area contributed by atoms with Gasteiger partial charge in [0.1, 0.15) is 5.69 Å². The number of carbonyl (C=O) groups excluding carboxylic acids is 1. The summed E-state index contributed by atoms with van der Waals surface area (Å²) in [5.41, 5.74) is -0.117. The van der Waals surface area contributed by atoms with Gasteiger partial charge in [-0.3, -0.25) is 4.79 Å². The average Bonchev–Trinajstić information content (AvgIpc) is 2.59. The van der Waals surface area contributed by atoms with E-state index in [1.54, 1.807) is 0 Å². The average molecular weight is 198 g/mol. The van der Waals surface area contributed by atoms with Crippen LogP contribution in [0.25, 0.3) is 0 Å². The fraction of sp³-hybridized carbons (Fsp3) is 0.500. The maximum Gasteiger partial charge on any atom is 0.323 e. The van der Waals surface area contributed by atoms with Crippen molar-refractivity contribution in [3.05, 3.63) is 22.4 Å². The number of aromatic nitrogens is 2. The van der Waals surface area contributed by atoms with E-state index in [0.717, 1.165) is 13.1 Å². The van der Waals surface area contributed by atoms with E-state index in [1.165, 1.54) is 6.20 Å². The lowest BCUT2D eigenvalue weighted by Crippen LogP contribution is -2.32. The number of imidazole rings is 1. The van der Waals surface area contributed by atoms with Crippen LogP contribution in [0.15, 0.2) is 11.0 Å². The molecule has 0 fully saturated rings. The Morgan fingerprint density at radius 3 is 2.86 bits per heavy atom. The summed E-state index contributed by atoms with van der Waals surface area (Å²) < 4.78 is 0. The standard InChI is InChI=1S/C8H14N4O2/c1-2-9-3-4-10-7(13)6-5-11-8(14)12-6/h5,9H,2-4H2,1H3,(H,10,13)(H2,11,12,14). The molecule has 1 aromatic rings. The van der Waals surface area contributed by atoms with Crippen molar-refractivity contribution in [1.29, 1.82) is 0 Å². The molecule has 1 rings (SSSR count). The van der Waals surface area contributed by atoms with E-state index in [2.05, 4.69) is 20.6 Å². The van der Waals surface area contributed by atoms with Gasteiger partial charge in [-0.25, -0.2) is 4.79 Å². The molecule has 0 radical (unpaired) electrons. The molecule has 1 heterocycles. The van der Waals surface area contributed by atoms with Crippen molar-refractivity contribution in [1.82, 2.24) is 20.6 Å². The van der Waals surface area contributed by atoms with E-state index in [-0.39, 0.29) is 17.3 Å². The van der Waals surface area contributed by atoms with Crippen LogP contribution in [0.1, 0.15) is 17.4 Å². The molecular formula is C8H14N4O2. The molecule has 1 amide bonds. The molecule has 0 aliphatic rings. The highest BCUT2D eigenvalue weighted by atomic mass is 16.2. The van der Waals surface area contributed by atoms with Crippen LogP contribution < -0.4 is 16.3 Å². The molecule has 4 N–H and O–H groups in total. The maximum absolute atomic E-state index is 11.3. The molecule has 0 aliphatic carbocycles. The number of hydrogen-bond donors (Lipinski definition) is 4. The first kappa shape index (κ1) is 10.5. The van der Waals surface area contributed by atoms with Crippen molar-refractivity contribution >= 4 is 5.91 Å². The minimum atomic E-state index is -0.373. The number of carbonyl (C=O) groups is 1. The topological polar surface area (TPSA) is 89.8 Å². The van der Waals surface area contributed by atoms with Crippen LogP contribution >= 0.6 is 0 Å². The number of amides is 1. The summed E-state index contributed by atoms with van der Waals surface area (Å²) in [6.07, 6.45) is 1.35. The quantitative estimate of drug-likeness (QED) is 0.459. The van der Waals surface area contributed by atoms with Gasteiger partial charge in [0.15, 0.2) is 0 Å². The lowest BCUT2D eigenvalue weighted by molar-refractivity contribution is 0.0949. The Kier molecular flexibility index (Phi) is 3.93. The van der Waals surface area contributed by atoms with Gasteiger partial charge < -0.3 is 20.6 Å². The van der Waals surface area contributed by atoms with E-state index < -0.39 is 0 Å². The minimum absolute atomic E-state index is 0.256. The lowest BCUT2D eigenvalue weighted by Gasteiger charge is -2.02. The molecule has 0 saturated heterocycles. The zero-order valence-electron chi connectivity index (χ0n) is 8.02. The Hall–Kier alpha value is -1.56. The van der Waals surface area contributed by atoms with Crippen LogP contribution in [0, 0.1) is 0 Å². The number of likely N-dealkylation sites (N-methyl/N-ethyl adjacent to an activating group) is 1. The van der Waals surface area contributed by atoms with Crippen molar-refractivity contribution in [3.63, 3.8) is 0 Å². The zero-order chi connectivity index (χ0) is 10.4. The third kappa shape index (κ3) is 3.06. The van der Waals surface area contributed by atoms with E-state index in [0.29, 0.717) is 6.54 Å². The number of aromatic amines is 2. The molecule has 0 bridgehead atoms. The van der Waals surface area contributed by atoms with E-state index in [4.69, 9.17) is 0 Å². The molecule has 78 valence electrons. The number of nitrogens with one attached hydrogen (secondary N) is 4. The third-order valence-corrected chi connectivity index (χ3v) is 1.68. The van der Waals surface area contributed by atoms with Crippen LogP contribution in [0.4, 0.5) is 0 Å². The first-order chi connectivity index (χ1) is 6.74. The fourth-order valence-electron chi connectivity index (χ4n) is 0.991. The van der Waals surface area contributed by atoms with Gasteiger partial charge in [-0.1, -0.05) is 6.92 Å². The van der Waals surface area contributed by atoms with Crippen LogP contribution in [-0.2, 0) is 0 Å². The maximum atomic E-state index is 11.3. The third-order valence-electron chi connectivity index (χ3n) is 1.68. The Morgan fingerprint density at radius 1 is 1.50 bits per heavy atom. The second-order valence-corrected chi connectivity index (χ2v) is 2.77. The largest absolute Gasteiger partial charge is 0.349 e. The minimum Gasteiger partial charge on any atom is -0.349 e. The molecule has 6 heteroatoms. The summed E-state index contributed by atoms with van der Waals surface area (Å²) in [6.45, 7) is 4.12. The van der Waals surface area contributed by atoms with Gasteiger partial charge in [-0.15, -0.1) is 0 Å². The van der Waals surface area contributed by atoms with Crippen LogP contribution in [0.3, 0.4) is 0 Å². The summed E-state index contributed by atoms with van der Waals surface area (Å²) in [5.74, 6) is -0.277. The van der Waals surface area contributed by atoms with Crippen LogP contribution in [0.5, 0.6) is 0 Å². The highest BCUT2D eigenvalue weighted by Gasteiger charge is 2.05. The Bertz CT molecular complexity index is 341. The van der Waals surface area contributed by atoms with Crippen LogP contribution in [-0.4, -0.2) is 35.5 Å². The molecule has 0 aliphatic heterocycles. The van der Waals surface area contributed by atoms with Crippen molar-refractivity contribution < 1.29 is 4.79 Å². The molecule has 0 atom stereocenters. The molecule has 14 heavy (non-hydrogen) atoms. The van der Waals surface area contributed by atoms with E-state index in [1.807, 2.05) is 6.92 Å². The predicted molar refractivity (Wildman–Crippen MR) is 52.3 cm³/mol. The zero-order valence-corrected chi connectivity index (χ0v) is 8.02. The van der Waals surface area contributed by atoms with E-state index >= 15 is 0 Å². The summed E-state index contributed by atoms with van der Waals surface area (Å²) in [7, 11) is 0. The summed E-state index contributed by atoms with van der Waals surface area (Å²) in [5, 5.41) is 5.72. The highest BCUT2D eigenvalue weighted by Crippen LogP contribution is 1.85. The summed E-state index contributed by atoms with van der Waals surface area (Å²) in [4.78, 5) is 26.7. The van der Waals surface area contributed by atoms with Gasteiger partial charge in [-0.05, 0) is 6.54 Å². The van der Waals surface area contributed by atoms with E-state index in [9.17, 15) is 9.59 Å². The monoisotopic (exact) mass is 198 g/mol. The first-order valence-electron chi connectivity index (χ1n) is 4.50. The van der Waals surface area contributed by atoms with Gasteiger partial charge in [-0.2, -0.15) is 0 Å². The Balaban J connectivity index is 2.32. The summed E-state index contributed by atoms with van der Waals surface area (Å²) >= 11 is 0. The molecule has 1 aromatic heterocycles. The van der Waals surface area contributed by atoms with Crippen molar-refractivity contribution in [2.45, 2.75) is 6.92 Å². The van der Waals surface area contributed by atoms with Crippen molar-refractivity contribution in [2.75, 3.05) is 19.6 Å². The van der Waals surface area contributed by atoms with Gasteiger partial charge in [0.05, 0.1) is 0 Å². The summed E-state index contributed by atoms with van der Waals surface area (Å²) in [6, 6.07) is 0. The SMILES string of the molecule is CCNCCNC(=O)c1c[nH]c(=O)[nH]1. The predicted octanol–water partition coefficient (Wildman–Crippen LogP) is -0.958. The van der Waals surface area contributed by atoms with Gasteiger partial charge in [0.25, 0.3) is 5.91 Å². The van der Waals surface area contributed by atoms with Gasteiger partial charge in [0.2, 0.25) is 0 Å². The Morgan fingerprint density at radius 2 is 2.29 bits per heavy atom. The molecule has 0 unspecified atom stereocenters. The fourth-order valence-corrected chi connectivity index (χ4v) is 0.991. The molecular weight excluding hydrogens is 184 g/mol. The second-order valence-electron chi connectivity index (χ2n) is 2.77. The number of rotatable bonds is 5. The normalized spacial score (nSPS) is 10.1. The van der Waals surface area contributed by atoms with Crippen molar-refractivity contribution in [3.8, 4) is 0 Å². The number of H-pyrrole nitrogens is 2. The lowest BCUT2D eigenvalue weighted by atomic mass is 10.4. The van der Waals surface area contributed by atoms with Crippen molar-refractivity contribution in [2.24, 2.45) is 0 Å². The molecule has 0 spiro atoms. The van der Waals surface area contributed by atoms with Gasteiger partial charge >= 0.3 is 5.69 Å². The first-order valence-corrected chi connectivity index (χ1v) is 4.50. The molecule has 6 nitrogen and oxygen atoms in total. The second kappa shape index (κ2) is 5.23. The molecule has 0 saturated carbocycles. The highest BCUT2D eigenvalue weighted by molar-refractivity contribution is 5.91. The Labute approximate surface area is 81.1 Å². The smallest absolute Gasteiger partial charge is 0.323 e. The number of hydrogen-bond acceptors (Lipinski definition) is 3.